The summed E-state index contributed by atoms with van der Waals surface area (Å²) in [6, 6.07) is 15.5. The number of benzene rings is 2. The lowest BCUT2D eigenvalue weighted by molar-refractivity contribution is -0.142. The molecule has 0 unspecified atom stereocenters. The first-order chi connectivity index (χ1) is 16.9. The summed E-state index contributed by atoms with van der Waals surface area (Å²) in [5.41, 5.74) is 3.93. The summed E-state index contributed by atoms with van der Waals surface area (Å²) in [5, 5.41) is 15.1. The third-order valence-corrected chi connectivity index (χ3v) is 7.67. The summed E-state index contributed by atoms with van der Waals surface area (Å²) >= 11 is 0. The largest absolute Gasteiger partial charge is 0.480 e. The molecular formula is C28H32N2O5. The molecule has 5 rings (SSSR count). The molecule has 0 aliphatic heterocycles. The summed E-state index contributed by atoms with van der Waals surface area (Å²) in [5.74, 6) is -0.986. The van der Waals surface area contributed by atoms with Gasteiger partial charge in [0.15, 0.2) is 0 Å². The summed E-state index contributed by atoms with van der Waals surface area (Å²) in [6.45, 7) is 0.213. The van der Waals surface area contributed by atoms with Crippen molar-refractivity contribution in [2.45, 2.75) is 68.9 Å². The van der Waals surface area contributed by atoms with Gasteiger partial charge >= 0.3 is 12.1 Å². The molecule has 1 atom stereocenters. The number of alkyl carbamates (subject to hydrolysis) is 1. The highest BCUT2D eigenvalue weighted by atomic mass is 16.5. The second kappa shape index (κ2) is 9.72. The van der Waals surface area contributed by atoms with E-state index in [1.165, 1.54) is 11.1 Å². The maximum Gasteiger partial charge on any atom is 0.407 e. The lowest BCUT2D eigenvalue weighted by Crippen LogP contribution is -2.51. The van der Waals surface area contributed by atoms with E-state index in [2.05, 4.69) is 34.9 Å². The van der Waals surface area contributed by atoms with E-state index in [0.29, 0.717) is 25.2 Å². The zero-order chi connectivity index (χ0) is 24.4. The van der Waals surface area contributed by atoms with Crippen molar-refractivity contribution in [3.8, 4) is 11.1 Å². The van der Waals surface area contributed by atoms with Gasteiger partial charge in [0.1, 0.15) is 12.6 Å². The van der Waals surface area contributed by atoms with Crippen LogP contribution in [0.3, 0.4) is 0 Å². The van der Waals surface area contributed by atoms with Gasteiger partial charge in [0.2, 0.25) is 5.91 Å². The molecule has 184 valence electrons. The number of carbonyl (C=O) groups is 3. The van der Waals surface area contributed by atoms with Crippen molar-refractivity contribution in [3.05, 3.63) is 59.7 Å². The number of rotatable bonds is 9. The van der Waals surface area contributed by atoms with Gasteiger partial charge in [0, 0.05) is 12.3 Å². The molecule has 3 N–H and O–H groups in total. The third-order valence-electron chi connectivity index (χ3n) is 7.67. The molecule has 0 saturated heterocycles. The molecule has 0 spiro atoms. The van der Waals surface area contributed by atoms with Crippen LogP contribution in [-0.2, 0) is 14.3 Å². The Bertz CT molecular complexity index is 1070. The lowest BCUT2D eigenvalue weighted by atomic mass is 9.92. The molecule has 0 aromatic heterocycles. The van der Waals surface area contributed by atoms with Crippen LogP contribution in [0.4, 0.5) is 4.79 Å². The molecule has 2 aromatic rings. The Kier molecular flexibility index (Phi) is 6.50. The fourth-order valence-corrected chi connectivity index (χ4v) is 5.71. The molecule has 0 bridgehead atoms. The van der Waals surface area contributed by atoms with Gasteiger partial charge in [0.25, 0.3) is 0 Å². The number of ether oxygens (including phenoxy) is 1. The number of hydrogen-bond acceptors (Lipinski definition) is 4. The second-order valence-corrected chi connectivity index (χ2v) is 10.3. The van der Waals surface area contributed by atoms with E-state index in [4.69, 9.17) is 4.74 Å². The monoisotopic (exact) mass is 476 g/mol. The molecule has 0 heterocycles. The van der Waals surface area contributed by atoms with Gasteiger partial charge in [-0.1, -0.05) is 74.2 Å². The minimum Gasteiger partial charge on any atom is -0.480 e. The van der Waals surface area contributed by atoms with Crippen molar-refractivity contribution >= 4 is 18.0 Å². The number of hydrogen-bond donors (Lipinski definition) is 3. The van der Waals surface area contributed by atoms with Crippen molar-refractivity contribution in [2.75, 3.05) is 6.61 Å². The molecule has 0 radical (unpaired) electrons. The summed E-state index contributed by atoms with van der Waals surface area (Å²) in [4.78, 5) is 37.2. The van der Waals surface area contributed by atoms with Gasteiger partial charge in [-0.2, -0.15) is 0 Å². The highest BCUT2D eigenvalue weighted by Gasteiger charge is 2.39. The molecule has 7 heteroatoms. The van der Waals surface area contributed by atoms with E-state index in [1.807, 2.05) is 24.3 Å². The van der Waals surface area contributed by atoms with E-state index in [1.54, 1.807) is 0 Å². The molecule has 7 nitrogen and oxygen atoms in total. The van der Waals surface area contributed by atoms with Crippen molar-refractivity contribution < 1.29 is 24.2 Å². The van der Waals surface area contributed by atoms with E-state index >= 15 is 0 Å². The van der Waals surface area contributed by atoms with Crippen molar-refractivity contribution in [1.82, 2.24) is 10.6 Å². The van der Waals surface area contributed by atoms with Gasteiger partial charge in [-0.3, -0.25) is 4.79 Å². The second-order valence-electron chi connectivity index (χ2n) is 10.3. The average molecular weight is 477 g/mol. The van der Waals surface area contributed by atoms with Crippen LogP contribution in [0.15, 0.2) is 48.5 Å². The van der Waals surface area contributed by atoms with Gasteiger partial charge in [0.05, 0.1) is 5.54 Å². The highest BCUT2D eigenvalue weighted by Crippen LogP contribution is 2.44. The van der Waals surface area contributed by atoms with Crippen molar-refractivity contribution in [3.63, 3.8) is 0 Å². The Morgan fingerprint density at radius 3 is 2.14 bits per heavy atom. The van der Waals surface area contributed by atoms with Crippen LogP contribution in [0, 0.1) is 5.92 Å². The van der Waals surface area contributed by atoms with Gasteiger partial charge < -0.3 is 20.5 Å². The topological polar surface area (TPSA) is 105 Å². The molecule has 2 fully saturated rings. The van der Waals surface area contributed by atoms with Crippen LogP contribution in [0.1, 0.15) is 68.4 Å². The number of carboxylic acids is 1. The minimum absolute atomic E-state index is 0.0327. The van der Waals surface area contributed by atoms with E-state index in [0.717, 1.165) is 36.8 Å². The van der Waals surface area contributed by atoms with Crippen LogP contribution in [0.25, 0.3) is 11.1 Å². The van der Waals surface area contributed by atoms with Crippen LogP contribution < -0.4 is 10.6 Å². The molecule has 35 heavy (non-hydrogen) atoms. The van der Waals surface area contributed by atoms with E-state index in [9.17, 15) is 19.5 Å². The smallest absolute Gasteiger partial charge is 0.407 e. The van der Waals surface area contributed by atoms with Gasteiger partial charge in [-0.25, -0.2) is 9.59 Å². The lowest BCUT2D eigenvalue weighted by Gasteiger charge is -2.30. The van der Waals surface area contributed by atoms with Crippen LogP contribution in [0.5, 0.6) is 0 Å². The standard InChI is InChI=1S/C28H32N2O5/c31-25(29-24(26(32)33)15-18-11-12-18)16-28(13-5-6-14-28)30-27(34)35-17-23-21-9-3-1-7-19(21)20-8-2-4-10-22(20)23/h1-4,7-10,18,23-24H,5-6,11-17H2,(H,29,31)(H,30,34)(H,32,33)/t24-/m0/s1. The number of aliphatic carboxylic acids is 1. The zero-order valence-corrected chi connectivity index (χ0v) is 19.8. The molecular weight excluding hydrogens is 444 g/mol. The number of amides is 2. The minimum atomic E-state index is -1.00. The van der Waals surface area contributed by atoms with Crippen molar-refractivity contribution in [2.24, 2.45) is 5.92 Å². The Balaban J connectivity index is 1.21. The van der Waals surface area contributed by atoms with Crippen LogP contribution >= 0.6 is 0 Å². The first-order valence-electron chi connectivity index (χ1n) is 12.6. The Hall–Kier alpha value is -3.35. The van der Waals surface area contributed by atoms with Crippen molar-refractivity contribution in [1.29, 1.82) is 0 Å². The number of nitrogens with one attached hydrogen (secondary N) is 2. The first-order valence-corrected chi connectivity index (χ1v) is 12.6. The molecule has 2 saturated carbocycles. The molecule has 2 amide bonds. The highest BCUT2D eigenvalue weighted by molar-refractivity contribution is 5.85. The number of fused-ring (bicyclic) bond motifs is 3. The average Bonchev–Trinajstić information content (AvgIpc) is 3.45. The van der Waals surface area contributed by atoms with Crippen LogP contribution in [-0.4, -0.2) is 41.3 Å². The predicted octanol–water partition coefficient (Wildman–Crippen LogP) is 4.60. The summed E-state index contributed by atoms with van der Waals surface area (Å²) < 4.78 is 5.71. The number of carbonyl (C=O) groups excluding carboxylic acids is 2. The fraction of sp³-hybridized carbons (Fsp3) is 0.464. The fourth-order valence-electron chi connectivity index (χ4n) is 5.71. The van der Waals surface area contributed by atoms with E-state index < -0.39 is 23.6 Å². The van der Waals surface area contributed by atoms with Crippen LogP contribution in [0.2, 0.25) is 0 Å². The summed E-state index contributed by atoms with van der Waals surface area (Å²) in [6.07, 6.45) is 5.19. The maximum atomic E-state index is 12.9. The zero-order valence-electron chi connectivity index (χ0n) is 19.8. The summed E-state index contributed by atoms with van der Waals surface area (Å²) in [7, 11) is 0. The third kappa shape index (κ3) is 5.19. The van der Waals surface area contributed by atoms with Gasteiger partial charge in [-0.15, -0.1) is 0 Å². The van der Waals surface area contributed by atoms with Gasteiger partial charge in [-0.05, 0) is 47.4 Å². The SMILES string of the molecule is O=C(CC1(NC(=O)OCC2c3ccccc3-c3ccccc32)CCCC1)N[C@@H](CC1CC1)C(=O)O. The Morgan fingerprint density at radius 1 is 0.971 bits per heavy atom. The normalized spacial score (nSPS) is 18.9. The Morgan fingerprint density at radius 2 is 1.57 bits per heavy atom. The Labute approximate surface area is 205 Å². The first kappa shape index (κ1) is 23.4. The maximum absolute atomic E-state index is 12.9. The molecule has 3 aliphatic carbocycles. The quantitative estimate of drug-likeness (QED) is 0.491. The molecule has 2 aromatic carbocycles. The predicted molar refractivity (Wildman–Crippen MR) is 131 cm³/mol. The molecule has 3 aliphatic rings. The van der Waals surface area contributed by atoms with E-state index in [-0.39, 0.29) is 24.9 Å². The number of carboxylic acid groups (broad SMARTS) is 1.